The van der Waals surface area contributed by atoms with Crippen molar-refractivity contribution in [2.75, 3.05) is 6.61 Å². The lowest BCUT2D eigenvalue weighted by molar-refractivity contribution is -0.149. The Kier molecular flexibility index (Phi) is 2.70. The summed E-state index contributed by atoms with van der Waals surface area (Å²) in [5.41, 5.74) is -1.21. The van der Waals surface area contributed by atoms with Crippen LogP contribution in [-0.2, 0) is 9.47 Å². The van der Waals surface area contributed by atoms with E-state index < -0.39 is 11.5 Å². The first kappa shape index (κ1) is 10.9. The van der Waals surface area contributed by atoms with Gasteiger partial charge in [0.05, 0.1) is 12.7 Å². The predicted molar refractivity (Wildman–Crippen MR) is 49.3 cm³/mol. The van der Waals surface area contributed by atoms with Crippen molar-refractivity contribution in [2.45, 2.75) is 52.2 Å². The Morgan fingerprint density at radius 2 is 2.00 bits per heavy atom. The van der Waals surface area contributed by atoms with Crippen molar-refractivity contribution < 1.29 is 13.9 Å². The van der Waals surface area contributed by atoms with Gasteiger partial charge in [-0.05, 0) is 27.7 Å². The maximum Gasteiger partial charge on any atom is 0.163 e. The highest BCUT2D eigenvalue weighted by Gasteiger charge is 2.41. The van der Waals surface area contributed by atoms with E-state index in [1.165, 1.54) is 0 Å². The molecule has 1 aliphatic rings. The van der Waals surface area contributed by atoms with Gasteiger partial charge in [0.2, 0.25) is 0 Å². The van der Waals surface area contributed by atoms with Crippen LogP contribution in [0.2, 0.25) is 0 Å². The normalized spacial score (nSPS) is 30.5. The van der Waals surface area contributed by atoms with E-state index >= 15 is 0 Å². The zero-order valence-electron chi connectivity index (χ0n) is 9.06. The van der Waals surface area contributed by atoms with Crippen molar-refractivity contribution >= 4 is 0 Å². The Hall–Kier alpha value is -0.150. The van der Waals surface area contributed by atoms with Crippen LogP contribution in [0.3, 0.4) is 0 Å². The van der Waals surface area contributed by atoms with Gasteiger partial charge in [-0.15, -0.1) is 0 Å². The van der Waals surface area contributed by atoms with Crippen LogP contribution >= 0.6 is 0 Å². The average molecular weight is 190 g/mol. The summed E-state index contributed by atoms with van der Waals surface area (Å²) in [6, 6.07) is 0. The zero-order chi connectivity index (χ0) is 10.3. The summed E-state index contributed by atoms with van der Waals surface area (Å²) in [5, 5.41) is 0. The lowest BCUT2D eigenvalue weighted by Gasteiger charge is -2.28. The van der Waals surface area contributed by atoms with Gasteiger partial charge in [-0.25, -0.2) is 4.39 Å². The smallest absolute Gasteiger partial charge is 0.163 e. The van der Waals surface area contributed by atoms with E-state index in [0.29, 0.717) is 6.61 Å². The lowest BCUT2D eigenvalue weighted by Crippen LogP contribution is -2.36. The topological polar surface area (TPSA) is 18.5 Å². The van der Waals surface area contributed by atoms with Crippen molar-refractivity contribution in [3.8, 4) is 0 Å². The molecule has 1 aliphatic heterocycles. The molecule has 1 fully saturated rings. The molecule has 0 unspecified atom stereocenters. The van der Waals surface area contributed by atoms with Crippen LogP contribution in [0, 0.1) is 5.92 Å². The highest BCUT2D eigenvalue weighted by Crippen LogP contribution is 2.33. The molecule has 0 aliphatic carbocycles. The Morgan fingerprint density at radius 3 is 2.31 bits per heavy atom. The van der Waals surface area contributed by atoms with Crippen molar-refractivity contribution in [1.29, 1.82) is 0 Å². The second kappa shape index (κ2) is 3.21. The Balaban J connectivity index is 2.57. The lowest BCUT2D eigenvalue weighted by atomic mass is 9.90. The van der Waals surface area contributed by atoms with Crippen molar-refractivity contribution in [2.24, 2.45) is 5.92 Å². The van der Waals surface area contributed by atoms with Crippen LogP contribution < -0.4 is 0 Å². The summed E-state index contributed by atoms with van der Waals surface area (Å²) in [6.45, 7) is 9.20. The molecule has 0 amide bonds. The van der Waals surface area contributed by atoms with E-state index in [2.05, 4.69) is 0 Å². The molecule has 0 radical (unpaired) electrons. The first-order valence-corrected chi connectivity index (χ1v) is 4.73. The number of alkyl halides is 1. The van der Waals surface area contributed by atoms with E-state index in [1.807, 2.05) is 20.8 Å². The molecule has 1 heterocycles. The maximum absolute atomic E-state index is 13.6. The molecule has 2 atom stereocenters. The summed E-state index contributed by atoms with van der Waals surface area (Å²) >= 11 is 0. The van der Waals surface area contributed by atoms with Gasteiger partial charge in [0.15, 0.2) is 5.79 Å². The minimum atomic E-state index is -1.21. The fourth-order valence-electron chi connectivity index (χ4n) is 1.40. The van der Waals surface area contributed by atoms with Gasteiger partial charge in [0, 0.05) is 5.92 Å². The number of hydrogen-bond acceptors (Lipinski definition) is 2. The molecule has 0 spiro atoms. The summed E-state index contributed by atoms with van der Waals surface area (Å²) in [6.07, 6.45) is -0.130. The molecule has 0 aromatic heterocycles. The van der Waals surface area contributed by atoms with E-state index in [4.69, 9.17) is 9.47 Å². The van der Waals surface area contributed by atoms with Gasteiger partial charge < -0.3 is 9.47 Å². The Morgan fingerprint density at radius 1 is 1.46 bits per heavy atom. The van der Waals surface area contributed by atoms with E-state index in [1.54, 1.807) is 13.8 Å². The fourth-order valence-corrected chi connectivity index (χ4v) is 1.40. The van der Waals surface area contributed by atoms with Gasteiger partial charge in [-0.3, -0.25) is 0 Å². The average Bonchev–Trinajstić information content (AvgIpc) is 2.26. The van der Waals surface area contributed by atoms with Gasteiger partial charge in [0.25, 0.3) is 0 Å². The molecule has 1 rings (SSSR count). The molecular weight excluding hydrogens is 171 g/mol. The number of halogens is 1. The third kappa shape index (κ3) is 2.64. The third-order valence-electron chi connectivity index (χ3n) is 2.67. The quantitative estimate of drug-likeness (QED) is 0.666. The van der Waals surface area contributed by atoms with Gasteiger partial charge >= 0.3 is 0 Å². The SMILES string of the molecule is C[C@H]([C@H]1COC(C)(C)O1)C(C)(C)F. The van der Waals surface area contributed by atoms with E-state index in [-0.39, 0.29) is 12.0 Å². The van der Waals surface area contributed by atoms with Crippen molar-refractivity contribution in [1.82, 2.24) is 0 Å². The highest BCUT2D eigenvalue weighted by molar-refractivity contribution is 4.85. The molecule has 0 N–H and O–H groups in total. The number of rotatable bonds is 2. The van der Waals surface area contributed by atoms with E-state index in [0.717, 1.165) is 0 Å². The molecule has 0 saturated carbocycles. The van der Waals surface area contributed by atoms with Gasteiger partial charge in [-0.1, -0.05) is 6.92 Å². The molecule has 1 saturated heterocycles. The van der Waals surface area contributed by atoms with Crippen molar-refractivity contribution in [3.63, 3.8) is 0 Å². The first-order chi connectivity index (χ1) is 5.72. The monoisotopic (exact) mass is 190 g/mol. The van der Waals surface area contributed by atoms with Crippen LogP contribution in [0.4, 0.5) is 4.39 Å². The molecule has 13 heavy (non-hydrogen) atoms. The standard InChI is InChI=1S/C10H19FO2/c1-7(9(2,3)11)8-6-12-10(4,5)13-8/h7-8H,6H2,1-5H3/t7-,8-/m1/s1. The summed E-state index contributed by atoms with van der Waals surface area (Å²) < 4.78 is 24.5. The number of hydrogen-bond donors (Lipinski definition) is 0. The molecule has 3 heteroatoms. The number of ether oxygens (including phenoxy) is 2. The maximum atomic E-state index is 13.6. The summed E-state index contributed by atoms with van der Waals surface area (Å²) in [4.78, 5) is 0. The van der Waals surface area contributed by atoms with Crippen LogP contribution in [0.5, 0.6) is 0 Å². The van der Waals surface area contributed by atoms with E-state index in [9.17, 15) is 4.39 Å². The van der Waals surface area contributed by atoms with Crippen LogP contribution in [-0.4, -0.2) is 24.2 Å². The van der Waals surface area contributed by atoms with Crippen molar-refractivity contribution in [3.05, 3.63) is 0 Å². The highest BCUT2D eigenvalue weighted by atomic mass is 19.1. The molecule has 0 aromatic rings. The Bertz CT molecular complexity index is 184. The fraction of sp³-hybridized carbons (Fsp3) is 1.00. The van der Waals surface area contributed by atoms with Gasteiger partial charge in [0.1, 0.15) is 5.67 Å². The second-order valence-corrected chi connectivity index (χ2v) is 4.72. The molecule has 0 aromatic carbocycles. The minimum Gasteiger partial charge on any atom is -0.348 e. The van der Waals surface area contributed by atoms with Crippen LogP contribution in [0.15, 0.2) is 0 Å². The van der Waals surface area contributed by atoms with Gasteiger partial charge in [-0.2, -0.15) is 0 Å². The Labute approximate surface area is 79.4 Å². The summed E-state index contributed by atoms with van der Waals surface area (Å²) in [5.74, 6) is -0.696. The zero-order valence-corrected chi connectivity index (χ0v) is 9.06. The van der Waals surface area contributed by atoms with Crippen LogP contribution in [0.25, 0.3) is 0 Å². The third-order valence-corrected chi connectivity index (χ3v) is 2.67. The largest absolute Gasteiger partial charge is 0.348 e. The minimum absolute atomic E-state index is 0.130. The molecule has 0 bridgehead atoms. The first-order valence-electron chi connectivity index (χ1n) is 4.73. The molecule has 2 nitrogen and oxygen atoms in total. The molecular formula is C10H19FO2. The molecule has 78 valence electrons. The summed E-state index contributed by atoms with van der Waals surface area (Å²) in [7, 11) is 0. The second-order valence-electron chi connectivity index (χ2n) is 4.72. The van der Waals surface area contributed by atoms with Crippen LogP contribution in [0.1, 0.15) is 34.6 Å². The predicted octanol–water partition coefficient (Wildman–Crippen LogP) is 2.52.